The van der Waals surface area contributed by atoms with Crippen LogP contribution in [0.1, 0.15) is 0 Å². The van der Waals surface area contributed by atoms with Gasteiger partial charge >= 0.3 is 6.18 Å². The van der Waals surface area contributed by atoms with Crippen molar-refractivity contribution in [1.29, 1.82) is 5.26 Å². The Bertz CT molecular complexity index is 442. The third kappa shape index (κ3) is 4.24. The molecule has 0 saturated carbocycles. The number of benzene rings is 1. The van der Waals surface area contributed by atoms with Crippen LogP contribution in [0.2, 0.25) is 5.02 Å². The van der Waals surface area contributed by atoms with Gasteiger partial charge in [-0.3, -0.25) is 0 Å². The second kappa shape index (κ2) is 5.78. The summed E-state index contributed by atoms with van der Waals surface area (Å²) in [7, 11) is 0. The van der Waals surface area contributed by atoms with Crippen LogP contribution >= 0.6 is 34.2 Å². The smallest absolute Gasteiger partial charge is 0.382 e. The van der Waals surface area contributed by atoms with Gasteiger partial charge in [-0.1, -0.05) is 11.6 Å². The lowest BCUT2D eigenvalue weighted by Gasteiger charge is -2.15. The van der Waals surface area contributed by atoms with Crippen molar-refractivity contribution in [3.63, 3.8) is 0 Å². The lowest BCUT2D eigenvalue weighted by Crippen LogP contribution is -2.28. The number of halogens is 5. The van der Waals surface area contributed by atoms with Gasteiger partial charge in [0.1, 0.15) is 0 Å². The Kier molecular flexibility index (Phi) is 4.89. The summed E-state index contributed by atoms with van der Waals surface area (Å²) in [6, 6.07) is 6.13. The molecule has 0 spiro atoms. The Hall–Kier alpha value is -0.680. The number of hydrogen-bond donors (Lipinski definition) is 1. The van der Waals surface area contributed by atoms with Crippen LogP contribution in [0, 0.1) is 20.8 Å². The molecule has 0 bridgehead atoms. The van der Waals surface area contributed by atoms with Crippen LogP contribution in [-0.2, 0) is 0 Å². The molecule has 0 amide bonds. The summed E-state index contributed by atoms with van der Waals surface area (Å²) < 4.78 is 37.8. The third-order valence-electron chi connectivity index (χ3n) is 1.98. The van der Waals surface area contributed by atoms with Crippen molar-refractivity contribution >= 4 is 39.9 Å². The fraction of sp³-hybridized carbons (Fsp3) is 0.300. The fourth-order valence-corrected chi connectivity index (χ4v) is 2.00. The van der Waals surface area contributed by atoms with Crippen molar-refractivity contribution in [3.8, 4) is 6.07 Å². The maximum atomic E-state index is 12.3. The summed E-state index contributed by atoms with van der Waals surface area (Å²) in [5, 5.41) is 11.3. The summed E-state index contributed by atoms with van der Waals surface area (Å²) in [6.07, 6.45) is -4.53. The standard InChI is InChI=1S/C10H7ClF3IN2/c11-8-3-7(15)1-2-9(8)17-5-6(4-16)10(12,13)14/h1-3,6,17H,5H2. The van der Waals surface area contributed by atoms with E-state index in [0.717, 1.165) is 3.57 Å². The zero-order valence-electron chi connectivity index (χ0n) is 8.35. The minimum atomic E-state index is -4.53. The van der Waals surface area contributed by atoms with E-state index in [9.17, 15) is 13.2 Å². The summed E-state index contributed by atoms with van der Waals surface area (Å²) >= 11 is 7.88. The van der Waals surface area contributed by atoms with Gasteiger partial charge in [0.15, 0.2) is 5.92 Å². The monoisotopic (exact) mass is 374 g/mol. The van der Waals surface area contributed by atoms with E-state index < -0.39 is 18.6 Å². The molecule has 0 saturated heterocycles. The van der Waals surface area contributed by atoms with E-state index in [2.05, 4.69) is 5.32 Å². The quantitative estimate of drug-likeness (QED) is 0.810. The molecule has 0 radical (unpaired) electrons. The van der Waals surface area contributed by atoms with Crippen LogP contribution in [0.25, 0.3) is 0 Å². The SMILES string of the molecule is N#CC(CNc1ccc(I)cc1Cl)C(F)(F)F. The molecule has 92 valence electrons. The van der Waals surface area contributed by atoms with Gasteiger partial charge in [-0.2, -0.15) is 18.4 Å². The molecule has 0 aliphatic heterocycles. The minimum Gasteiger partial charge on any atom is -0.382 e. The minimum absolute atomic E-state index is 0.329. The van der Waals surface area contributed by atoms with E-state index >= 15 is 0 Å². The van der Waals surface area contributed by atoms with Gasteiger partial charge < -0.3 is 5.32 Å². The van der Waals surface area contributed by atoms with Crippen molar-refractivity contribution in [2.45, 2.75) is 6.18 Å². The van der Waals surface area contributed by atoms with Gasteiger partial charge in [-0.05, 0) is 40.8 Å². The number of hydrogen-bond acceptors (Lipinski definition) is 2. The molecule has 0 fully saturated rings. The van der Waals surface area contributed by atoms with Crippen molar-refractivity contribution in [2.75, 3.05) is 11.9 Å². The number of rotatable bonds is 3. The summed E-state index contributed by atoms with van der Waals surface area (Å²) in [5.74, 6) is -2.04. The molecule has 2 nitrogen and oxygen atoms in total. The Morgan fingerprint density at radius 2 is 2.12 bits per heavy atom. The number of anilines is 1. The molecule has 1 aromatic carbocycles. The molecule has 1 unspecified atom stereocenters. The van der Waals surface area contributed by atoms with Crippen molar-refractivity contribution in [3.05, 3.63) is 26.8 Å². The summed E-state index contributed by atoms with van der Waals surface area (Å²) in [6.45, 7) is -0.514. The van der Waals surface area contributed by atoms with Gasteiger partial charge in [0.05, 0.1) is 16.8 Å². The van der Waals surface area contributed by atoms with Crippen LogP contribution in [0.5, 0.6) is 0 Å². The molecular formula is C10H7ClF3IN2. The molecule has 0 aromatic heterocycles. The van der Waals surface area contributed by atoms with Crippen LogP contribution < -0.4 is 5.32 Å². The highest BCUT2D eigenvalue weighted by Crippen LogP contribution is 2.28. The van der Waals surface area contributed by atoms with E-state index in [-0.39, 0.29) is 0 Å². The predicted molar refractivity (Wildman–Crippen MR) is 67.8 cm³/mol. The van der Waals surface area contributed by atoms with Gasteiger partial charge in [-0.15, -0.1) is 0 Å². The second-order valence-corrected chi connectivity index (χ2v) is 4.88. The number of nitriles is 1. The molecule has 1 aromatic rings. The van der Waals surface area contributed by atoms with Gasteiger partial charge in [0, 0.05) is 10.1 Å². The molecule has 1 atom stereocenters. The van der Waals surface area contributed by atoms with E-state index in [1.165, 1.54) is 6.07 Å². The van der Waals surface area contributed by atoms with Gasteiger partial charge in [-0.25, -0.2) is 0 Å². The molecular weight excluding hydrogens is 367 g/mol. The van der Waals surface area contributed by atoms with Crippen LogP contribution in [0.3, 0.4) is 0 Å². The number of alkyl halides is 3. The highest BCUT2D eigenvalue weighted by atomic mass is 127. The van der Waals surface area contributed by atoms with Crippen molar-refractivity contribution < 1.29 is 13.2 Å². The molecule has 0 aliphatic carbocycles. The zero-order valence-corrected chi connectivity index (χ0v) is 11.3. The Balaban J connectivity index is 2.71. The van der Waals surface area contributed by atoms with E-state index in [4.69, 9.17) is 16.9 Å². The predicted octanol–water partition coefficient (Wildman–Crippen LogP) is 4.06. The Morgan fingerprint density at radius 3 is 2.59 bits per heavy atom. The van der Waals surface area contributed by atoms with Crippen molar-refractivity contribution in [2.24, 2.45) is 5.92 Å². The Morgan fingerprint density at radius 1 is 1.47 bits per heavy atom. The lowest BCUT2D eigenvalue weighted by molar-refractivity contribution is -0.155. The average molecular weight is 375 g/mol. The summed E-state index contributed by atoms with van der Waals surface area (Å²) in [4.78, 5) is 0. The maximum Gasteiger partial charge on any atom is 0.406 e. The van der Waals surface area contributed by atoms with E-state index in [1.807, 2.05) is 22.6 Å². The average Bonchev–Trinajstić information content (AvgIpc) is 2.19. The first-order valence-corrected chi connectivity index (χ1v) is 5.95. The number of nitrogens with one attached hydrogen (secondary N) is 1. The first-order chi connectivity index (χ1) is 7.84. The Labute approximate surface area is 115 Å². The molecule has 7 heteroatoms. The molecule has 17 heavy (non-hydrogen) atoms. The zero-order chi connectivity index (χ0) is 13.1. The highest BCUT2D eigenvalue weighted by molar-refractivity contribution is 14.1. The van der Waals surface area contributed by atoms with E-state index in [1.54, 1.807) is 18.2 Å². The third-order valence-corrected chi connectivity index (χ3v) is 2.96. The molecule has 0 heterocycles. The van der Waals surface area contributed by atoms with Crippen molar-refractivity contribution in [1.82, 2.24) is 0 Å². The van der Waals surface area contributed by atoms with Crippen LogP contribution in [-0.4, -0.2) is 12.7 Å². The number of nitrogens with zero attached hydrogens (tertiary/aromatic N) is 1. The fourth-order valence-electron chi connectivity index (χ4n) is 1.08. The second-order valence-electron chi connectivity index (χ2n) is 3.23. The first-order valence-electron chi connectivity index (χ1n) is 4.50. The lowest BCUT2D eigenvalue weighted by atomic mass is 10.1. The normalized spacial score (nSPS) is 12.9. The topological polar surface area (TPSA) is 35.8 Å². The molecule has 1 N–H and O–H groups in total. The molecule has 0 aliphatic rings. The largest absolute Gasteiger partial charge is 0.406 e. The molecule has 1 rings (SSSR count). The highest BCUT2D eigenvalue weighted by Gasteiger charge is 2.39. The van der Waals surface area contributed by atoms with Gasteiger partial charge in [0.2, 0.25) is 0 Å². The van der Waals surface area contributed by atoms with E-state index in [0.29, 0.717) is 10.7 Å². The first kappa shape index (κ1) is 14.4. The van der Waals surface area contributed by atoms with Gasteiger partial charge in [0.25, 0.3) is 0 Å². The van der Waals surface area contributed by atoms with Crippen LogP contribution in [0.15, 0.2) is 18.2 Å². The summed E-state index contributed by atoms with van der Waals surface area (Å²) in [5.41, 5.74) is 0.386. The van der Waals surface area contributed by atoms with Crippen LogP contribution in [0.4, 0.5) is 18.9 Å². The maximum absolute atomic E-state index is 12.3.